The van der Waals surface area contributed by atoms with Crippen LogP contribution < -0.4 is 4.72 Å². The average Bonchev–Trinajstić information content (AvgIpc) is 2.56. The molecule has 0 fully saturated rings. The first-order valence-electron chi connectivity index (χ1n) is 7.57. The molecule has 1 heterocycles. The molecule has 0 unspecified atom stereocenters. The van der Waals surface area contributed by atoms with Gasteiger partial charge in [-0.05, 0) is 49.7 Å². The molecule has 0 amide bonds. The first-order valence-corrected chi connectivity index (χ1v) is 9.05. The summed E-state index contributed by atoms with van der Waals surface area (Å²) in [5.41, 5.74) is 4.43. The van der Waals surface area contributed by atoms with Gasteiger partial charge in [0.1, 0.15) is 0 Å². The van der Waals surface area contributed by atoms with E-state index in [0.717, 1.165) is 22.4 Å². The molecule has 0 radical (unpaired) electrons. The molecule has 24 heavy (non-hydrogen) atoms. The van der Waals surface area contributed by atoms with Crippen LogP contribution >= 0.6 is 0 Å². The highest BCUT2D eigenvalue weighted by Crippen LogP contribution is 2.22. The Balaban J connectivity index is 1.81. The highest BCUT2D eigenvalue weighted by atomic mass is 32.2. The molecule has 0 aliphatic rings. The summed E-state index contributed by atoms with van der Waals surface area (Å²) in [7, 11) is -3.58. The summed E-state index contributed by atoms with van der Waals surface area (Å²) in [6.45, 7) is 3.90. The summed E-state index contributed by atoms with van der Waals surface area (Å²) in [6.07, 6.45) is 1.81. The molecule has 2 aromatic carbocycles. The molecule has 0 saturated heterocycles. The highest BCUT2D eigenvalue weighted by Gasteiger charge is 2.13. The van der Waals surface area contributed by atoms with Gasteiger partial charge in [-0.2, -0.15) is 0 Å². The summed E-state index contributed by atoms with van der Waals surface area (Å²) in [5, 5.41) is 0. The summed E-state index contributed by atoms with van der Waals surface area (Å²) in [6, 6.07) is 17.9. The van der Waals surface area contributed by atoms with Gasteiger partial charge in [-0.25, -0.2) is 8.42 Å². The minimum Gasteiger partial charge on any atom is -0.280 e. The van der Waals surface area contributed by atoms with E-state index in [1.54, 1.807) is 36.4 Å². The lowest BCUT2D eigenvalue weighted by atomic mass is 10.1. The Bertz CT molecular complexity index is 930. The van der Waals surface area contributed by atoms with E-state index >= 15 is 0 Å². The van der Waals surface area contributed by atoms with Crippen molar-refractivity contribution >= 4 is 15.7 Å². The number of anilines is 1. The van der Waals surface area contributed by atoms with E-state index in [-0.39, 0.29) is 4.90 Å². The van der Waals surface area contributed by atoms with E-state index in [2.05, 4.69) is 9.71 Å². The molecule has 0 atom stereocenters. The van der Waals surface area contributed by atoms with Crippen LogP contribution in [0, 0.1) is 13.8 Å². The third-order valence-electron chi connectivity index (χ3n) is 3.68. The van der Waals surface area contributed by atoms with E-state index in [4.69, 9.17) is 0 Å². The Morgan fingerprint density at radius 2 is 1.42 bits per heavy atom. The Morgan fingerprint density at radius 3 is 2.00 bits per heavy atom. The van der Waals surface area contributed by atoms with Crippen molar-refractivity contribution in [2.45, 2.75) is 18.7 Å². The number of nitrogens with one attached hydrogen (secondary N) is 1. The Morgan fingerprint density at radius 1 is 0.792 bits per heavy atom. The van der Waals surface area contributed by atoms with E-state index in [0.29, 0.717) is 5.69 Å². The van der Waals surface area contributed by atoms with Gasteiger partial charge in [0, 0.05) is 17.4 Å². The molecule has 3 aromatic rings. The van der Waals surface area contributed by atoms with Crippen LogP contribution in [0.15, 0.2) is 71.8 Å². The van der Waals surface area contributed by atoms with Crippen LogP contribution in [0.2, 0.25) is 0 Å². The molecular weight excluding hydrogens is 320 g/mol. The minimum absolute atomic E-state index is 0.248. The number of hydrogen-bond donors (Lipinski definition) is 1. The maximum Gasteiger partial charge on any atom is 0.261 e. The van der Waals surface area contributed by atoms with E-state index in [9.17, 15) is 8.42 Å². The van der Waals surface area contributed by atoms with Gasteiger partial charge >= 0.3 is 0 Å². The number of sulfonamides is 1. The number of aromatic nitrogens is 1. The second-order valence-electron chi connectivity index (χ2n) is 5.72. The number of nitrogens with zero attached hydrogens (tertiary/aromatic N) is 1. The van der Waals surface area contributed by atoms with Crippen molar-refractivity contribution in [2.75, 3.05) is 4.72 Å². The Kier molecular flexibility index (Phi) is 4.36. The monoisotopic (exact) mass is 338 g/mol. The third kappa shape index (κ3) is 3.63. The van der Waals surface area contributed by atoms with Crippen LogP contribution in [-0.2, 0) is 10.0 Å². The average molecular weight is 338 g/mol. The van der Waals surface area contributed by atoms with Crippen molar-refractivity contribution in [1.82, 2.24) is 4.98 Å². The van der Waals surface area contributed by atoms with Crippen LogP contribution in [0.5, 0.6) is 0 Å². The fourth-order valence-corrected chi connectivity index (χ4v) is 3.34. The maximum absolute atomic E-state index is 12.4. The molecule has 1 N–H and O–H groups in total. The highest BCUT2D eigenvalue weighted by molar-refractivity contribution is 7.92. The van der Waals surface area contributed by atoms with E-state index in [1.807, 2.05) is 44.3 Å². The van der Waals surface area contributed by atoms with Crippen molar-refractivity contribution in [3.8, 4) is 11.3 Å². The molecule has 4 nitrogen and oxygen atoms in total. The van der Waals surface area contributed by atoms with E-state index < -0.39 is 10.0 Å². The van der Waals surface area contributed by atoms with Crippen LogP contribution in [0.4, 0.5) is 5.69 Å². The summed E-state index contributed by atoms with van der Waals surface area (Å²) >= 11 is 0. The van der Waals surface area contributed by atoms with Gasteiger partial charge in [0.05, 0.1) is 10.6 Å². The topological polar surface area (TPSA) is 59.1 Å². The number of pyridine rings is 1. The Hall–Kier alpha value is -2.66. The van der Waals surface area contributed by atoms with Crippen LogP contribution in [0.3, 0.4) is 0 Å². The molecule has 0 aliphatic carbocycles. The van der Waals surface area contributed by atoms with Gasteiger partial charge in [-0.1, -0.05) is 35.9 Å². The first-order chi connectivity index (χ1) is 11.4. The SMILES string of the molecule is Cc1ccc(S(=O)(=O)Nc2ccc(-c3ccc(C)cn3)cc2)cc1. The lowest BCUT2D eigenvalue weighted by molar-refractivity contribution is 0.601. The molecule has 0 saturated carbocycles. The summed E-state index contributed by atoms with van der Waals surface area (Å²) in [4.78, 5) is 4.62. The lowest BCUT2D eigenvalue weighted by Gasteiger charge is -2.09. The van der Waals surface area contributed by atoms with Crippen LogP contribution in [0.25, 0.3) is 11.3 Å². The molecule has 0 spiro atoms. The van der Waals surface area contributed by atoms with Gasteiger partial charge in [-0.3, -0.25) is 9.71 Å². The largest absolute Gasteiger partial charge is 0.280 e. The number of aryl methyl sites for hydroxylation is 2. The maximum atomic E-state index is 12.4. The quantitative estimate of drug-likeness (QED) is 0.777. The predicted molar refractivity (Wildman–Crippen MR) is 96.4 cm³/mol. The standard InChI is InChI=1S/C19H18N2O2S/c1-14-3-10-18(11-4-14)24(22,23)21-17-8-6-16(7-9-17)19-12-5-15(2)13-20-19/h3-13,21H,1-2H3. The van der Waals surface area contributed by atoms with E-state index in [1.165, 1.54) is 0 Å². The number of benzene rings is 2. The van der Waals surface area contributed by atoms with Crippen molar-refractivity contribution in [1.29, 1.82) is 0 Å². The molecular formula is C19H18N2O2S. The predicted octanol–water partition coefficient (Wildman–Crippen LogP) is 4.17. The lowest BCUT2D eigenvalue weighted by Crippen LogP contribution is -2.12. The summed E-state index contributed by atoms with van der Waals surface area (Å²) in [5.74, 6) is 0. The molecule has 5 heteroatoms. The van der Waals surface area contributed by atoms with Gasteiger partial charge in [-0.15, -0.1) is 0 Å². The zero-order valence-corrected chi connectivity index (χ0v) is 14.3. The molecule has 3 rings (SSSR count). The van der Waals surface area contributed by atoms with Gasteiger partial charge in [0.2, 0.25) is 0 Å². The summed E-state index contributed by atoms with van der Waals surface area (Å²) < 4.78 is 27.4. The van der Waals surface area contributed by atoms with Gasteiger partial charge in [0.25, 0.3) is 10.0 Å². The zero-order chi connectivity index (χ0) is 17.2. The fraction of sp³-hybridized carbons (Fsp3) is 0.105. The molecule has 0 aliphatic heterocycles. The normalized spacial score (nSPS) is 11.2. The first kappa shape index (κ1) is 16.2. The minimum atomic E-state index is -3.58. The molecule has 0 bridgehead atoms. The smallest absolute Gasteiger partial charge is 0.261 e. The fourth-order valence-electron chi connectivity index (χ4n) is 2.28. The van der Waals surface area contributed by atoms with Crippen LogP contribution in [-0.4, -0.2) is 13.4 Å². The Labute approximate surface area is 142 Å². The van der Waals surface area contributed by atoms with Gasteiger partial charge < -0.3 is 0 Å². The van der Waals surface area contributed by atoms with Crippen molar-refractivity contribution in [2.24, 2.45) is 0 Å². The van der Waals surface area contributed by atoms with Crippen molar-refractivity contribution in [3.63, 3.8) is 0 Å². The van der Waals surface area contributed by atoms with Crippen LogP contribution in [0.1, 0.15) is 11.1 Å². The number of hydrogen-bond acceptors (Lipinski definition) is 3. The third-order valence-corrected chi connectivity index (χ3v) is 5.07. The van der Waals surface area contributed by atoms with Crippen molar-refractivity contribution < 1.29 is 8.42 Å². The van der Waals surface area contributed by atoms with Crippen molar-refractivity contribution in [3.05, 3.63) is 78.0 Å². The van der Waals surface area contributed by atoms with Gasteiger partial charge in [0.15, 0.2) is 0 Å². The second kappa shape index (κ2) is 6.45. The molecule has 1 aromatic heterocycles. The zero-order valence-electron chi connectivity index (χ0n) is 13.5. The second-order valence-corrected chi connectivity index (χ2v) is 7.40. The molecule has 122 valence electrons. The number of rotatable bonds is 4.